The summed E-state index contributed by atoms with van der Waals surface area (Å²) < 4.78 is 39.0. The molecule has 1 N–H and O–H groups in total. The Labute approximate surface area is 117 Å². The van der Waals surface area contributed by atoms with Crippen molar-refractivity contribution in [1.29, 1.82) is 5.26 Å². The van der Waals surface area contributed by atoms with E-state index in [1.807, 2.05) is 0 Å². The fourth-order valence-electron chi connectivity index (χ4n) is 5.08. The third-order valence-electron chi connectivity index (χ3n) is 6.07. The number of halogens is 3. The molecule has 5 heteroatoms. The first-order valence-corrected chi connectivity index (χ1v) is 7.51. The van der Waals surface area contributed by atoms with E-state index in [9.17, 15) is 23.5 Å². The second kappa shape index (κ2) is 4.37. The van der Waals surface area contributed by atoms with Gasteiger partial charge in [-0.05, 0) is 56.8 Å². The van der Waals surface area contributed by atoms with Crippen LogP contribution in [-0.2, 0) is 0 Å². The Bertz CT molecular complexity index is 443. The fraction of sp³-hybridized carbons (Fsp3) is 0.933. The number of alkyl halides is 3. The van der Waals surface area contributed by atoms with Crippen molar-refractivity contribution in [3.8, 4) is 6.07 Å². The Morgan fingerprint density at radius 1 is 1.15 bits per heavy atom. The summed E-state index contributed by atoms with van der Waals surface area (Å²) in [6.45, 7) is 0. The zero-order valence-electron chi connectivity index (χ0n) is 11.4. The average molecular weight is 287 g/mol. The minimum Gasteiger partial charge on any atom is -0.388 e. The van der Waals surface area contributed by atoms with Crippen molar-refractivity contribution in [3.63, 3.8) is 0 Å². The summed E-state index contributed by atoms with van der Waals surface area (Å²) in [5.41, 5.74) is -2.38. The lowest BCUT2D eigenvalue weighted by Crippen LogP contribution is -2.54. The molecule has 3 aliphatic rings. The maximum Gasteiger partial charge on any atom is 0.391 e. The molecule has 0 aromatic heterocycles. The highest BCUT2D eigenvalue weighted by Gasteiger charge is 2.64. The molecule has 0 amide bonds. The van der Waals surface area contributed by atoms with Crippen LogP contribution in [0, 0.1) is 34.5 Å². The van der Waals surface area contributed by atoms with Crippen molar-refractivity contribution >= 4 is 0 Å². The lowest BCUT2D eigenvalue weighted by atomic mass is 9.57. The first-order chi connectivity index (χ1) is 9.31. The van der Waals surface area contributed by atoms with Crippen LogP contribution in [0.2, 0.25) is 0 Å². The average Bonchev–Trinajstić information content (AvgIpc) is 2.98. The molecule has 2 bridgehead atoms. The Kier molecular flexibility index (Phi) is 3.10. The number of aliphatic hydroxyl groups is 1. The summed E-state index contributed by atoms with van der Waals surface area (Å²) in [4.78, 5) is 0. The van der Waals surface area contributed by atoms with Gasteiger partial charge in [0.05, 0.1) is 23.0 Å². The molecule has 3 saturated carbocycles. The largest absolute Gasteiger partial charge is 0.391 e. The molecule has 5 unspecified atom stereocenters. The molecule has 112 valence electrons. The number of rotatable bonds is 1. The van der Waals surface area contributed by atoms with E-state index in [1.165, 1.54) is 0 Å². The van der Waals surface area contributed by atoms with E-state index in [1.54, 1.807) is 0 Å². The first kappa shape index (κ1) is 14.2. The molecule has 0 saturated heterocycles. The molecule has 0 heterocycles. The summed E-state index contributed by atoms with van der Waals surface area (Å²) in [5, 5.41) is 20.6. The monoisotopic (exact) mass is 287 g/mol. The standard InChI is InChI=1S/C15H20F3NO/c16-15(17,18)12-2-1-5-14(20,8-12)13(9-19)7-10-3-4-11(13)6-10/h10-12,20H,1-8H2. The molecule has 0 aromatic carbocycles. The molecule has 0 aromatic rings. The van der Waals surface area contributed by atoms with Gasteiger partial charge in [0, 0.05) is 0 Å². The highest BCUT2D eigenvalue weighted by Crippen LogP contribution is 2.63. The maximum absolute atomic E-state index is 13.0. The van der Waals surface area contributed by atoms with E-state index in [-0.39, 0.29) is 18.8 Å². The third kappa shape index (κ3) is 1.88. The molecule has 0 aliphatic heterocycles. The molecular formula is C15H20F3NO. The van der Waals surface area contributed by atoms with Crippen LogP contribution in [0.15, 0.2) is 0 Å². The second-order valence-corrected chi connectivity index (χ2v) is 7.03. The second-order valence-electron chi connectivity index (χ2n) is 7.03. The predicted molar refractivity (Wildman–Crippen MR) is 66.5 cm³/mol. The summed E-state index contributed by atoms with van der Waals surface area (Å²) in [7, 11) is 0. The molecule has 3 rings (SSSR count). The molecular weight excluding hydrogens is 267 g/mol. The summed E-state index contributed by atoms with van der Waals surface area (Å²) in [5.74, 6) is -0.935. The normalized spacial score (nSPS) is 48.2. The van der Waals surface area contributed by atoms with Crippen molar-refractivity contribution in [1.82, 2.24) is 0 Å². The summed E-state index contributed by atoms with van der Waals surface area (Å²) >= 11 is 0. The van der Waals surface area contributed by atoms with E-state index in [2.05, 4.69) is 6.07 Å². The minimum absolute atomic E-state index is 0.0847. The number of hydrogen-bond donors (Lipinski definition) is 1. The van der Waals surface area contributed by atoms with Gasteiger partial charge in [0.1, 0.15) is 0 Å². The van der Waals surface area contributed by atoms with Gasteiger partial charge in [0.25, 0.3) is 0 Å². The SMILES string of the molecule is N#CC1(C2(O)CCCC(C(F)(F)F)C2)CC2CCC1C2. The Morgan fingerprint density at radius 2 is 1.90 bits per heavy atom. The van der Waals surface area contributed by atoms with Crippen molar-refractivity contribution in [2.75, 3.05) is 0 Å². The lowest BCUT2D eigenvalue weighted by Gasteiger charge is -2.49. The van der Waals surface area contributed by atoms with Gasteiger partial charge in [0.15, 0.2) is 0 Å². The number of nitriles is 1. The van der Waals surface area contributed by atoms with E-state index in [0.29, 0.717) is 25.2 Å². The van der Waals surface area contributed by atoms with Gasteiger partial charge in [-0.25, -0.2) is 0 Å². The number of hydrogen-bond acceptors (Lipinski definition) is 2. The fourth-order valence-corrected chi connectivity index (χ4v) is 5.08. The molecule has 3 fully saturated rings. The number of nitrogens with zero attached hydrogens (tertiary/aromatic N) is 1. The number of fused-ring (bicyclic) bond motifs is 2. The van der Waals surface area contributed by atoms with Gasteiger partial charge in [-0.15, -0.1) is 0 Å². The van der Waals surface area contributed by atoms with Crippen LogP contribution in [0.5, 0.6) is 0 Å². The van der Waals surface area contributed by atoms with Crippen molar-refractivity contribution < 1.29 is 18.3 Å². The van der Waals surface area contributed by atoms with E-state index >= 15 is 0 Å². The first-order valence-electron chi connectivity index (χ1n) is 7.51. The van der Waals surface area contributed by atoms with Crippen LogP contribution in [-0.4, -0.2) is 16.9 Å². The van der Waals surface area contributed by atoms with Crippen LogP contribution < -0.4 is 0 Å². The van der Waals surface area contributed by atoms with Gasteiger partial charge in [-0.2, -0.15) is 18.4 Å². The van der Waals surface area contributed by atoms with E-state index in [0.717, 1.165) is 19.3 Å². The molecule has 5 atom stereocenters. The van der Waals surface area contributed by atoms with Crippen LogP contribution >= 0.6 is 0 Å². The van der Waals surface area contributed by atoms with Crippen molar-refractivity contribution in [2.45, 2.75) is 63.1 Å². The van der Waals surface area contributed by atoms with Gasteiger partial charge < -0.3 is 5.11 Å². The van der Waals surface area contributed by atoms with Crippen molar-refractivity contribution in [3.05, 3.63) is 0 Å². The van der Waals surface area contributed by atoms with E-state index < -0.39 is 23.1 Å². The van der Waals surface area contributed by atoms with Crippen LogP contribution in [0.4, 0.5) is 13.2 Å². The Balaban J connectivity index is 1.89. The molecule has 0 radical (unpaired) electrons. The molecule has 2 nitrogen and oxygen atoms in total. The summed E-state index contributed by atoms with van der Waals surface area (Å²) in [6.07, 6.45) is -0.304. The van der Waals surface area contributed by atoms with Crippen LogP contribution in [0.3, 0.4) is 0 Å². The van der Waals surface area contributed by atoms with Gasteiger partial charge >= 0.3 is 6.18 Å². The van der Waals surface area contributed by atoms with Gasteiger partial charge in [-0.1, -0.05) is 6.42 Å². The topological polar surface area (TPSA) is 44.0 Å². The predicted octanol–water partition coefficient (Wildman–Crippen LogP) is 3.80. The molecule has 20 heavy (non-hydrogen) atoms. The Morgan fingerprint density at radius 3 is 2.40 bits per heavy atom. The smallest absolute Gasteiger partial charge is 0.388 e. The third-order valence-corrected chi connectivity index (χ3v) is 6.07. The van der Waals surface area contributed by atoms with Crippen LogP contribution in [0.1, 0.15) is 51.4 Å². The minimum atomic E-state index is -4.26. The highest BCUT2D eigenvalue weighted by molar-refractivity contribution is 5.21. The quantitative estimate of drug-likeness (QED) is 0.797. The zero-order valence-corrected chi connectivity index (χ0v) is 11.4. The molecule has 3 aliphatic carbocycles. The van der Waals surface area contributed by atoms with Gasteiger partial charge in [0.2, 0.25) is 0 Å². The summed E-state index contributed by atoms with van der Waals surface area (Å²) in [6, 6.07) is 2.27. The maximum atomic E-state index is 13.0. The van der Waals surface area contributed by atoms with E-state index in [4.69, 9.17) is 0 Å². The Hall–Kier alpha value is -0.760. The molecule has 0 spiro atoms. The zero-order chi connectivity index (χ0) is 14.6. The highest BCUT2D eigenvalue weighted by atomic mass is 19.4. The van der Waals surface area contributed by atoms with Gasteiger partial charge in [-0.3, -0.25) is 0 Å². The van der Waals surface area contributed by atoms with Crippen LogP contribution in [0.25, 0.3) is 0 Å². The lowest BCUT2D eigenvalue weighted by molar-refractivity contribution is -0.216. The van der Waals surface area contributed by atoms with Crippen molar-refractivity contribution in [2.24, 2.45) is 23.2 Å².